The molecule has 0 unspecified atom stereocenters. The number of ether oxygens (including phenoxy) is 1. The maximum atomic E-state index is 14.1. The van der Waals surface area contributed by atoms with Gasteiger partial charge in [-0.2, -0.15) is 0 Å². The minimum absolute atomic E-state index is 0.132. The average molecular weight is 311 g/mol. The van der Waals surface area contributed by atoms with Crippen LogP contribution in [0.4, 0.5) is 4.39 Å². The second-order valence-corrected chi connectivity index (χ2v) is 6.27. The molecule has 2 saturated heterocycles. The van der Waals surface area contributed by atoms with Crippen LogP contribution in [0.1, 0.15) is 25.0 Å². The largest absolute Gasteiger partial charge is 0.459 e. The topological polar surface area (TPSA) is 59.5 Å². The van der Waals surface area contributed by atoms with Crippen LogP contribution in [-0.2, 0) is 19.7 Å². The lowest BCUT2D eigenvalue weighted by molar-refractivity contribution is -0.158. The number of halogens is 2. The van der Waals surface area contributed by atoms with Crippen LogP contribution in [0.3, 0.4) is 0 Å². The van der Waals surface area contributed by atoms with E-state index >= 15 is 0 Å². The molecule has 0 aromatic carbocycles. The number of carbonyl (C=O) groups is 2. The number of hydrogen-bond acceptors (Lipinski definition) is 4. The van der Waals surface area contributed by atoms with Gasteiger partial charge in [-0.05, 0) is 18.9 Å². The highest BCUT2D eigenvalue weighted by Gasteiger charge is 2.60. The molecule has 1 aromatic rings. The fourth-order valence-electron chi connectivity index (χ4n) is 3.29. The van der Waals surface area contributed by atoms with Crippen molar-refractivity contribution in [2.24, 2.45) is 0 Å². The number of nitrogens with zero attached hydrogens (tertiary/aromatic N) is 2. The van der Waals surface area contributed by atoms with E-state index in [1.165, 1.54) is 17.2 Å². The Morgan fingerprint density at radius 2 is 2.29 bits per heavy atom. The molecule has 1 aliphatic carbocycles. The van der Waals surface area contributed by atoms with E-state index in [1.807, 2.05) is 0 Å². The summed E-state index contributed by atoms with van der Waals surface area (Å²) < 4.78 is 19.2. The molecular weight excluding hydrogens is 299 g/mol. The maximum absolute atomic E-state index is 14.1. The summed E-state index contributed by atoms with van der Waals surface area (Å²) in [6.45, 7) is 0.395. The Morgan fingerprint density at radius 3 is 2.86 bits per heavy atom. The van der Waals surface area contributed by atoms with E-state index in [1.54, 1.807) is 0 Å². The number of amides is 1. The van der Waals surface area contributed by atoms with Gasteiger partial charge >= 0.3 is 5.97 Å². The van der Waals surface area contributed by atoms with Crippen molar-refractivity contribution < 1.29 is 18.7 Å². The first-order chi connectivity index (χ1) is 10.0. The number of hydrogen-bond donors (Lipinski definition) is 0. The molecule has 0 spiro atoms. The van der Waals surface area contributed by atoms with Crippen LogP contribution in [0.25, 0.3) is 0 Å². The SMILES string of the molecule is O=C1O[C@H]2C[C@@H]1N(C(=O)C1(c3ncc(Cl)cc3F)CC1)C2. The van der Waals surface area contributed by atoms with Gasteiger partial charge < -0.3 is 9.64 Å². The highest BCUT2D eigenvalue weighted by Crippen LogP contribution is 2.51. The number of pyridine rings is 1. The zero-order chi connectivity index (χ0) is 14.8. The summed E-state index contributed by atoms with van der Waals surface area (Å²) >= 11 is 5.71. The fraction of sp³-hybridized carbons (Fsp3) is 0.500. The van der Waals surface area contributed by atoms with Crippen molar-refractivity contribution in [2.75, 3.05) is 6.54 Å². The predicted octanol–water partition coefficient (Wildman–Crippen LogP) is 1.43. The molecule has 4 rings (SSSR count). The number of aromatic nitrogens is 1. The minimum Gasteiger partial charge on any atom is -0.459 e. The Balaban J connectivity index is 1.66. The zero-order valence-electron chi connectivity index (χ0n) is 11.0. The lowest BCUT2D eigenvalue weighted by Gasteiger charge is -2.29. The molecule has 2 atom stereocenters. The summed E-state index contributed by atoms with van der Waals surface area (Å²) in [5, 5.41) is 0.198. The Morgan fingerprint density at radius 1 is 1.52 bits per heavy atom. The van der Waals surface area contributed by atoms with Crippen LogP contribution >= 0.6 is 11.6 Å². The highest BCUT2D eigenvalue weighted by atomic mass is 35.5. The van der Waals surface area contributed by atoms with Crippen molar-refractivity contribution in [3.63, 3.8) is 0 Å². The lowest BCUT2D eigenvalue weighted by atomic mass is 9.98. The number of fused-ring (bicyclic) bond motifs is 2. The van der Waals surface area contributed by atoms with E-state index in [2.05, 4.69) is 4.98 Å². The molecule has 3 fully saturated rings. The normalized spacial score (nSPS) is 28.7. The number of carbonyl (C=O) groups excluding carboxylic acids is 2. The predicted molar refractivity (Wildman–Crippen MR) is 70.1 cm³/mol. The van der Waals surface area contributed by atoms with Gasteiger partial charge in [-0.25, -0.2) is 9.18 Å². The fourth-order valence-corrected chi connectivity index (χ4v) is 3.44. The molecule has 1 aromatic heterocycles. The van der Waals surface area contributed by atoms with Crippen LogP contribution in [0.2, 0.25) is 5.02 Å². The van der Waals surface area contributed by atoms with Crippen molar-refractivity contribution in [1.82, 2.24) is 9.88 Å². The molecule has 3 aliphatic rings. The number of rotatable bonds is 2. The Kier molecular flexibility index (Phi) is 2.58. The van der Waals surface area contributed by atoms with Gasteiger partial charge in [-0.15, -0.1) is 0 Å². The molecule has 3 heterocycles. The molecular formula is C14H12ClFN2O3. The smallest absolute Gasteiger partial charge is 0.329 e. The van der Waals surface area contributed by atoms with Crippen LogP contribution in [-0.4, -0.2) is 40.5 Å². The molecule has 110 valence electrons. The molecule has 7 heteroatoms. The summed E-state index contributed by atoms with van der Waals surface area (Å²) in [5.41, 5.74) is -0.799. The van der Waals surface area contributed by atoms with Crippen molar-refractivity contribution >= 4 is 23.5 Å². The van der Waals surface area contributed by atoms with Gasteiger partial charge in [-0.1, -0.05) is 11.6 Å². The first-order valence-electron chi connectivity index (χ1n) is 6.84. The lowest BCUT2D eigenvalue weighted by Crippen LogP contribution is -2.48. The number of morpholine rings is 1. The molecule has 2 bridgehead atoms. The van der Waals surface area contributed by atoms with E-state index in [0.29, 0.717) is 25.8 Å². The second kappa shape index (κ2) is 4.16. The molecule has 21 heavy (non-hydrogen) atoms. The van der Waals surface area contributed by atoms with E-state index in [-0.39, 0.29) is 28.7 Å². The maximum Gasteiger partial charge on any atom is 0.329 e. The molecule has 0 N–H and O–H groups in total. The van der Waals surface area contributed by atoms with Crippen molar-refractivity contribution in [3.8, 4) is 0 Å². The van der Waals surface area contributed by atoms with Crippen LogP contribution < -0.4 is 0 Å². The van der Waals surface area contributed by atoms with Crippen molar-refractivity contribution in [2.45, 2.75) is 36.8 Å². The average Bonchev–Trinajstić information content (AvgIpc) is 3.01. The van der Waals surface area contributed by atoms with Crippen LogP contribution in [0.15, 0.2) is 12.3 Å². The minimum atomic E-state index is -0.931. The summed E-state index contributed by atoms with van der Waals surface area (Å²) in [6, 6.07) is 0.650. The molecule has 1 saturated carbocycles. The van der Waals surface area contributed by atoms with Gasteiger partial charge in [0.1, 0.15) is 18.0 Å². The molecule has 1 amide bonds. The summed E-state index contributed by atoms with van der Waals surface area (Å²) in [7, 11) is 0. The molecule has 2 aliphatic heterocycles. The Bertz CT molecular complexity index is 662. The highest BCUT2D eigenvalue weighted by molar-refractivity contribution is 6.30. The first-order valence-corrected chi connectivity index (χ1v) is 7.22. The third-order valence-electron chi connectivity index (χ3n) is 4.50. The third kappa shape index (κ3) is 1.78. The zero-order valence-corrected chi connectivity index (χ0v) is 11.8. The van der Waals surface area contributed by atoms with Crippen molar-refractivity contribution in [3.05, 3.63) is 28.8 Å². The van der Waals surface area contributed by atoms with E-state index < -0.39 is 17.3 Å². The summed E-state index contributed by atoms with van der Waals surface area (Å²) in [5.74, 6) is -1.15. The third-order valence-corrected chi connectivity index (χ3v) is 4.71. The van der Waals surface area contributed by atoms with Crippen LogP contribution in [0.5, 0.6) is 0 Å². The van der Waals surface area contributed by atoms with Crippen LogP contribution in [0, 0.1) is 5.82 Å². The Labute approximate surface area is 125 Å². The van der Waals surface area contributed by atoms with Crippen molar-refractivity contribution in [1.29, 1.82) is 0 Å². The number of esters is 1. The van der Waals surface area contributed by atoms with Gasteiger partial charge in [0.2, 0.25) is 5.91 Å². The van der Waals surface area contributed by atoms with E-state index in [4.69, 9.17) is 16.3 Å². The van der Waals surface area contributed by atoms with E-state index in [0.717, 1.165) is 0 Å². The second-order valence-electron chi connectivity index (χ2n) is 5.83. The monoisotopic (exact) mass is 310 g/mol. The number of likely N-dealkylation sites (tertiary alicyclic amines) is 1. The quantitative estimate of drug-likeness (QED) is 0.775. The van der Waals surface area contributed by atoms with Gasteiger partial charge in [0, 0.05) is 12.6 Å². The summed E-state index contributed by atoms with van der Waals surface area (Å²) in [6.07, 6.45) is 2.75. The van der Waals surface area contributed by atoms with Gasteiger partial charge in [0.05, 0.1) is 22.7 Å². The Hall–Kier alpha value is -1.69. The molecule has 0 radical (unpaired) electrons. The van der Waals surface area contributed by atoms with Gasteiger partial charge in [0.25, 0.3) is 0 Å². The standard InChI is InChI=1S/C14H12ClFN2O3/c15-7-3-9(16)11(17-5-7)14(1-2-14)13(20)18-6-8-4-10(18)12(19)21-8/h3,5,8,10H,1-2,4,6H2/t8-,10-/m0/s1. The first kappa shape index (κ1) is 13.0. The van der Waals surface area contributed by atoms with Gasteiger partial charge in [0.15, 0.2) is 0 Å². The molecule has 5 nitrogen and oxygen atoms in total. The van der Waals surface area contributed by atoms with Gasteiger partial charge in [-0.3, -0.25) is 9.78 Å². The summed E-state index contributed by atoms with van der Waals surface area (Å²) in [4.78, 5) is 29.9. The van der Waals surface area contributed by atoms with E-state index in [9.17, 15) is 14.0 Å².